The van der Waals surface area contributed by atoms with Gasteiger partial charge in [0.25, 0.3) is 0 Å². The molecule has 3 rings (SSSR count). The van der Waals surface area contributed by atoms with Crippen molar-refractivity contribution in [3.63, 3.8) is 0 Å². The Hall–Kier alpha value is -3.37. The highest BCUT2D eigenvalue weighted by Gasteiger charge is 2.19. The molecule has 0 bridgehead atoms. The standard InChI is InChI=1S/C18H11N3O/c19-9-8-14-15-10-12(11-20)6-7-16(15)21-17(14)18(22)13-4-2-1-3-5-13/h1-7,10,21H,8H2. The molecule has 22 heavy (non-hydrogen) atoms. The van der Waals surface area contributed by atoms with Crippen molar-refractivity contribution in [2.75, 3.05) is 0 Å². The molecule has 104 valence electrons. The number of aromatic amines is 1. The summed E-state index contributed by atoms with van der Waals surface area (Å²) in [4.78, 5) is 15.7. The Morgan fingerprint density at radius 2 is 1.86 bits per heavy atom. The number of benzene rings is 2. The van der Waals surface area contributed by atoms with Crippen LogP contribution in [-0.4, -0.2) is 10.8 Å². The van der Waals surface area contributed by atoms with Gasteiger partial charge in [-0.3, -0.25) is 4.79 Å². The fourth-order valence-corrected chi connectivity index (χ4v) is 2.51. The van der Waals surface area contributed by atoms with E-state index in [-0.39, 0.29) is 12.2 Å². The van der Waals surface area contributed by atoms with Gasteiger partial charge in [0.15, 0.2) is 0 Å². The summed E-state index contributed by atoms with van der Waals surface area (Å²) in [5, 5.41) is 18.8. The number of ketones is 1. The molecule has 0 atom stereocenters. The lowest BCUT2D eigenvalue weighted by atomic mass is 10.0. The van der Waals surface area contributed by atoms with E-state index in [1.807, 2.05) is 6.07 Å². The first-order chi connectivity index (χ1) is 10.7. The maximum absolute atomic E-state index is 12.7. The molecule has 0 saturated carbocycles. The molecule has 0 amide bonds. The Morgan fingerprint density at radius 3 is 2.55 bits per heavy atom. The van der Waals surface area contributed by atoms with Crippen molar-refractivity contribution in [2.45, 2.75) is 6.42 Å². The largest absolute Gasteiger partial charge is 0.352 e. The number of hydrogen-bond donors (Lipinski definition) is 1. The third-order valence-corrected chi connectivity index (χ3v) is 3.55. The van der Waals surface area contributed by atoms with Crippen molar-refractivity contribution in [1.29, 1.82) is 10.5 Å². The number of H-pyrrole nitrogens is 1. The zero-order valence-corrected chi connectivity index (χ0v) is 11.6. The van der Waals surface area contributed by atoms with Crippen LogP contribution >= 0.6 is 0 Å². The Kier molecular flexibility index (Phi) is 3.43. The monoisotopic (exact) mass is 285 g/mol. The Bertz CT molecular complexity index is 940. The second-order valence-corrected chi connectivity index (χ2v) is 4.88. The molecule has 0 radical (unpaired) electrons. The second-order valence-electron chi connectivity index (χ2n) is 4.88. The lowest BCUT2D eigenvalue weighted by Crippen LogP contribution is -2.04. The molecule has 0 saturated heterocycles. The third-order valence-electron chi connectivity index (χ3n) is 3.55. The van der Waals surface area contributed by atoms with Gasteiger partial charge in [0.1, 0.15) is 0 Å². The minimum atomic E-state index is -0.152. The zero-order chi connectivity index (χ0) is 15.5. The summed E-state index contributed by atoms with van der Waals surface area (Å²) in [5.74, 6) is -0.152. The van der Waals surface area contributed by atoms with E-state index in [0.717, 1.165) is 10.9 Å². The van der Waals surface area contributed by atoms with E-state index >= 15 is 0 Å². The lowest BCUT2D eigenvalue weighted by molar-refractivity contribution is 0.103. The molecule has 4 nitrogen and oxygen atoms in total. The van der Waals surface area contributed by atoms with Gasteiger partial charge in [-0.15, -0.1) is 0 Å². The molecule has 1 N–H and O–H groups in total. The van der Waals surface area contributed by atoms with Crippen LogP contribution in [0.5, 0.6) is 0 Å². The molecule has 0 fully saturated rings. The van der Waals surface area contributed by atoms with E-state index in [9.17, 15) is 4.79 Å². The highest BCUT2D eigenvalue weighted by atomic mass is 16.1. The molecule has 0 aliphatic carbocycles. The van der Waals surface area contributed by atoms with Gasteiger partial charge in [-0.05, 0) is 18.2 Å². The van der Waals surface area contributed by atoms with E-state index in [1.165, 1.54) is 0 Å². The summed E-state index contributed by atoms with van der Waals surface area (Å²) in [7, 11) is 0. The van der Waals surface area contributed by atoms with Crippen molar-refractivity contribution < 1.29 is 4.79 Å². The Morgan fingerprint density at radius 1 is 1.09 bits per heavy atom. The second kappa shape index (κ2) is 5.55. The molecular weight excluding hydrogens is 274 g/mol. The maximum Gasteiger partial charge on any atom is 0.209 e. The van der Waals surface area contributed by atoms with Crippen LogP contribution in [0, 0.1) is 22.7 Å². The van der Waals surface area contributed by atoms with E-state index in [0.29, 0.717) is 22.4 Å². The number of rotatable bonds is 3. The molecule has 1 aromatic heterocycles. The van der Waals surface area contributed by atoms with Crippen LogP contribution in [0.3, 0.4) is 0 Å². The van der Waals surface area contributed by atoms with Crippen LogP contribution in [0.1, 0.15) is 27.2 Å². The van der Waals surface area contributed by atoms with Gasteiger partial charge in [0.05, 0.1) is 29.8 Å². The Labute approximate surface area is 127 Å². The first-order valence-corrected chi connectivity index (χ1v) is 6.76. The molecule has 0 spiro atoms. The summed E-state index contributed by atoms with van der Waals surface area (Å²) in [6, 6.07) is 18.2. The van der Waals surface area contributed by atoms with E-state index in [1.54, 1.807) is 42.5 Å². The molecule has 0 aliphatic rings. The van der Waals surface area contributed by atoms with Crippen LogP contribution in [0.15, 0.2) is 48.5 Å². The van der Waals surface area contributed by atoms with E-state index in [4.69, 9.17) is 10.5 Å². The molecule has 1 heterocycles. The van der Waals surface area contributed by atoms with Gasteiger partial charge >= 0.3 is 0 Å². The van der Waals surface area contributed by atoms with Gasteiger partial charge in [0.2, 0.25) is 5.78 Å². The average molecular weight is 285 g/mol. The number of hydrogen-bond acceptors (Lipinski definition) is 3. The summed E-state index contributed by atoms with van der Waals surface area (Å²) in [5.41, 5.74) is 2.88. The van der Waals surface area contributed by atoms with Crippen LogP contribution in [0.2, 0.25) is 0 Å². The SMILES string of the molecule is N#CCc1c(C(=O)c2ccccc2)[nH]c2ccc(C#N)cc12. The topological polar surface area (TPSA) is 80.4 Å². The molecule has 0 aliphatic heterocycles. The molecule has 4 heteroatoms. The lowest BCUT2D eigenvalue weighted by Gasteiger charge is -2.01. The first-order valence-electron chi connectivity index (χ1n) is 6.76. The fourth-order valence-electron chi connectivity index (χ4n) is 2.51. The van der Waals surface area contributed by atoms with Crippen molar-refractivity contribution in [3.8, 4) is 12.1 Å². The highest BCUT2D eigenvalue weighted by Crippen LogP contribution is 2.26. The quantitative estimate of drug-likeness (QED) is 0.749. The van der Waals surface area contributed by atoms with E-state index < -0.39 is 0 Å². The molecule has 0 unspecified atom stereocenters. The number of nitrogens with zero attached hydrogens (tertiary/aromatic N) is 2. The van der Waals surface area contributed by atoms with Gasteiger partial charge < -0.3 is 4.98 Å². The summed E-state index contributed by atoms with van der Waals surface area (Å²) < 4.78 is 0. The van der Waals surface area contributed by atoms with Crippen LogP contribution < -0.4 is 0 Å². The minimum absolute atomic E-state index is 0.114. The third kappa shape index (κ3) is 2.24. The van der Waals surface area contributed by atoms with Gasteiger partial charge in [-0.1, -0.05) is 30.3 Å². The average Bonchev–Trinajstić information content (AvgIpc) is 2.93. The van der Waals surface area contributed by atoms with Crippen molar-refractivity contribution in [1.82, 2.24) is 4.98 Å². The van der Waals surface area contributed by atoms with Crippen LogP contribution in [-0.2, 0) is 6.42 Å². The smallest absolute Gasteiger partial charge is 0.209 e. The van der Waals surface area contributed by atoms with Gasteiger partial charge in [-0.25, -0.2) is 0 Å². The maximum atomic E-state index is 12.7. The first kappa shape index (κ1) is 13.6. The number of carbonyl (C=O) groups is 1. The molecule has 2 aromatic carbocycles. The summed E-state index contributed by atoms with van der Waals surface area (Å²) in [6.45, 7) is 0. The van der Waals surface area contributed by atoms with Gasteiger partial charge in [0, 0.05) is 22.0 Å². The zero-order valence-electron chi connectivity index (χ0n) is 11.6. The molecule has 3 aromatic rings. The normalized spacial score (nSPS) is 10.1. The minimum Gasteiger partial charge on any atom is -0.352 e. The van der Waals surface area contributed by atoms with Crippen molar-refractivity contribution >= 4 is 16.7 Å². The van der Waals surface area contributed by atoms with E-state index in [2.05, 4.69) is 17.1 Å². The molecular formula is C18H11N3O. The number of aromatic nitrogens is 1. The summed E-state index contributed by atoms with van der Waals surface area (Å²) in [6.07, 6.45) is 0.114. The predicted molar refractivity (Wildman–Crippen MR) is 82.2 cm³/mol. The number of carbonyl (C=O) groups excluding carboxylic acids is 1. The number of fused-ring (bicyclic) bond motifs is 1. The highest BCUT2D eigenvalue weighted by molar-refractivity contribution is 6.12. The van der Waals surface area contributed by atoms with Crippen LogP contribution in [0.4, 0.5) is 0 Å². The number of nitrogens with one attached hydrogen (secondary N) is 1. The van der Waals surface area contributed by atoms with Crippen molar-refractivity contribution in [2.24, 2.45) is 0 Å². The summed E-state index contributed by atoms with van der Waals surface area (Å²) >= 11 is 0. The van der Waals surface area contributed by atoms with Crippen LogP contribution in [0.25, 0.3) is 10.9 Å². The van der Waals surface area contributed by atoms with Crippen molar-refractivity contribution in [3.05, 3.63) is 70.9 Å². The fraction of sp³-hybridized carbons (Fsp3) is 0.0556. The predicted octanol–water partition coefficient (Wildman–Crippen LogP) is 3.34. The van der Waals surface area contributed by atoms with Gasteiger partial charge in [-0.2, -0.15) is 10.5 Å². The Balaban J connectivity index is 2.21. The number of nitriles is 2.